The zero-order valence-electron chi connectivity index (χ0n) is 25.0. The van der Waals surface area contributed by atoms with Crippen molar-refractivity contribution in [3.05, 3.63) is 29.3 Å². The summed E-state index contributed by atoms with van der Waals surface area (Å²) in [6, 6.07) is 1.02. The number of carbonyl (C=O) groups is 1. The predicted octanol–water partition coefficient (Wildman–Crippen LogP) is 5.75. The number of pyridine rings is 1. The van der Waals surface area contributed by atoms with Gasteiger partial charge in [-0.2, -0.15) is 4.39 Å². The number of hydrogen-bond donors (Lipinski definition) is 1. The Morgan fingerprint density at radius 1 is 1.21 bits per heavy atom. The topological polar surface area (TPSA) is 105 Å². The van der Waals surface area contributed by atoms with Crippen molar-refractivity contribution in [2.24, 2.45) is 5.16 Å². The maximum atomic E-state index is 15.2. The van der Waals surface area contributed by atoms with E-state index in [1.165, 1.54) is 6.20 Å². The lowest BCUT2D eigenvalue weighted by Gasteiger charge is -2.36. The summed E-state index contributed by atoms with van der Waals surface area (Å²) in [5.74, 6) is -1.59. The van der Waals surface area contributed by atoms with Crippen LogP contribution in [0.5, 0.6) is 0 Å². The van der Waals surface area contributed by atoms with Crippen LogP contribution in [0.3, 0.4) is 0 Å². The van der Waals surface area contributed by atoms with Gasteiger partial charge in [-0.15, -0.1) is 4.72 Å². The number of nitrogens with zero attached hydrogens (tertiary/aromatic N) is 2. The molecule has 11 heteroatoms. The van der Waals surface area contributed by atoms with Gasteiger partial charge in [-0.25, -0.2) is 4.98 Å². The average molecular weight is 572 g/mol. The Morgan fingerprint density at radius 2 is 1.82 bits per heavy atom. The molecule has 0 saturated heterocycles. The molecule has 0 spiro atoms. The molecule has 0 fully saturated rings. The smallest absolute Gasteiger partial charge is 0.308 e. The highest BCUT2D eigenvalue weighted by Crippen LogP contribution is 2.39. The third-order valence-electron chi connectivity index (χ3n) is 6.87. The molecule has 0 aliphatic carbocycles. The highest BCUT2D eigenvalue weighted by atomic mass is 32.2. The minimum Gasteiger partial charge on any atom is -0.598 e. The molecule has 0 amide bonds. The monoisotopic (exact) mass is 571 g/mol. The number of carbonyl (C=O) groups excluding carboxylic acids is 1. The van der Waals surface area contributed by atoms with Gasteiger partial charge < -0.3 is 18.6 Å². The van der Waals surface area contributed by atoms with Crippen LogP contribution in [0.15, 0.2) is 17.4 Å². The zero-order chi connectivity index (χ0) is 29.3. The zero-order valence-corrected chi connectivity index (χ0v) is 26.8. The number of aromatic nitrogens is 1. The van der Waals surface area contributed by atoms with Crippen molar-refractivity contribution in [3.8, 4) is 0 Å². The van der Waals surface area contributed by atoms with E-state index in [-0.39, 0.29) is 18.1 Å². The van der Waals surface area contributed by atoms with Gasteiger partial charge in [0.1, 0.15) is 16.4 Å². The van der Waals surface area contributed by atoms with Crippen molar-refractivity contribution in [3.63, 3.8) is 0 Å². The van der Waals surface area contributed by atoms with Gasteiger partial charge in [0, 0.05) is 23.1 Å². The lowest BCUT2D eigenvalue weighted by molar-refractivity contribution is -0.156. The van der Waals surface area contributed by atoms with E-state index in [0.29, 0.717) is 16.8 Å². The molecule has 8 nitrogen and oxygen atoms in total. The summed E-state index contributed by atoms with van der Waals surface area (Å²) in [6.07, 6.45) is 0.571. The molecular weight excluding hydrogens is 525 g/mol. The van der Waals surface area contributed by atoms with Gasteiger partial charge in [0.05, 0.1) is 24.7 Å². The van der Waals surface area contributed by atoms with Gasteiger partial charge in [-0.05, 0) is 78.2 Å². The van der Waals surface area contributed by atoms with Crippen LogP contribution in [-0.4, -0.2) is 52.0 Å². The maximum Gasteiger partial charge on any atom is 0.308 e. The van der Waals surface area contributed by atoms with Crippen LogP contribution >= 0.6 is 0 Å². The normalized spacial score (nSPS) is 20.5. The number of oxime groups is 1. The molecule has 2 heterocycles. The van der Waals surface area contributed by atoms with Gasteiger partial charge in [0.25, 0.3) is 0 Å². The minimum absolute atomic E-state index is 0.0539. The molecule has 0 radical (unpaired) electrons. The van der Waals surface area contributed by atoms with E-state index in [2.05, 4.69) is 48.7 Å². The summed E-state index contributed by atoms with van der Waals surface area (Å²) in [7, 11) is -2.19. The van der Waals surface area contributed by atoms with Gasteiger partial charge in [-0.1, -0.05) is 25.9 Å². The Labute approximate surface area is 231 Å². The maximum absolute atomic E-state index is 15.2. The first-order chi connectivity index (χ1) is 17.1. The molecule has 1 aliphatic rings. The molecule has 2 unspecified atom stereocenters. The van der Waals surface area contributed by atoms with Crippen LogP contribution in [0, 0.1) is 5.95 Å². The minimum atomic E-state index is -2.19. The SMILES string of the molecule is CC1=NOC([C@H](CC(=O)OC(C)(C)C)N[S@+]([O-])C(C)(C)C)C1c1ccnc(F)c1CO[Si](C)(C)C(C)(C)C. The van der Waals surface area contributed by atoms with Crippen LogP contribution < -0.4 is 4.72 Å². The third kappa shape index (κ3) is 8.48. The lowest BCUT2D eigenvalue weighted by Crippen LogP contribution is -2.52. The Hall–Kier alpha value is -1.53. The fourth-order valence-corrected chi connectivity index (χ4v) is 5.48. The lowest BCUT2D eigenvalue weighted by atomic mass is 9.84. The molecular formula is C27H46FN3O5SSi. The number of nitrogens with one attached hydrogen (secondary N) is 1. The fraction of sp³-hybridized carbons (Fsp3) is 0.741. The second kappa shape index (κ2) is 11.9. The Morgan fingerprint density at radius 3 is 2.34 bits per heavy atom. The quantitative estimate of drug-likeness (QED) is 0.174. The number of hydrogen-bond acceptors (Lipinski definition) is 8. The van der Waals surface area contributed by atoms with Crippen molar-refractivity contribution in [2.45, 2.75) is 129 Å². The molecule has 0 bridgehead atoms. The first kappa shape index (κ1) is 32.7. The van der Waals surface area contributed by atoms with E-state index in [1.54, 1.807) is 33.8 Å². The van der Waals surface area contributed by atoms with E-state index < -0.39 is 60.0 Å². The Kier molecular flexibility index (Phi) is 10.2. The van der Waals surface area contributed by atoms with Crippen LogP contribution in [0.2, 0.25) is 18.1 Å². The summed E-state index contributed by atoms with van der Waals surface area (Å²) in [4.78, 5) is 22.6. The molecule has 0 saturated carbocycles. The van der Waals surface area contributed by atoms with Gasteiger partial charge >= 0.3 is 5.97 Å². The highest BCUT2D eigenvalue weighted by molar-refractivity contribution is 7.90. The van der Waals surface area contributed by atoms with Crippen molar-refractivity contribution < 1.29 is 27.7 Å². The van der Waals surface area contributed by atoms with Crippen molar-refractivity contribution in [1.82, 2.24) is 9.71 Å². The predicted molar refractivity (Wildman–Crippen MR) is 152 cm³/mol. The molecule has 38 heavy (non-hydrogen) atoms. The molecule has 216 valence electrons. The van der Waals surface area contributed by atoms with E-state index in [4.69, 9.17) is 14.0 Å². The van der Waals surface area contributed by atoms with Crippen LogP contribution in [0.4, 0.5) is 4.39 Å². The molecule has 1 aliphatic heterocycles. The van der Waals surface area contributed by atoms with Crippen LogP contribution in [0.25, 0.3) is 0 Å². The van der Waals surface area contributed by atoms with E-state index in [9.17, 15) is 9.35 Å². The number of halogens is 1. The number of ether oxygens (including phenoxy) is 1. The highest BCUT2D eigenvalue weighted by Gasteiger charge is 2.45. The Balaban J connectivity index is 2.47. The summed E-state index contributed by atoms with van der Waals surface area (Å²) in [5, 5.41) is 4.16. The largest absolute Gasteiger partial charge is 0.598 e. The van der Waals surface area contributed by atoms with Gasteiger partial charge in [0.2, 0.25) is 5.95 Å². The van der Waals surface area contributed by atoms with Crippen LogP contribution in [-0.2, 0) is 36.8 Å². The molecule has 4 atom stereocenters. The van der Waals surface area contributed by atoms with E-state index >= 15 is 4.39 Å². The fourth-order valence-electron chi connectivity index (χ4n) is 3.69. The molecule has 1 N–H and O–H groups in total. The average Bonchev–Trinajstić information content (AvgIpc) is 3.10. The number of esters is 1. The van der Waals surface area contributed by atoms with Crippen molar-refractivity contribution in [2.75, 3.05) is 0 Å². The van der Waals surface area contributed by atoms with Gasteiger partial charge in [-0.3, -0.25) is 4.79 Å². The summed E-state index contributed by atoms with van der Waals surface area (Å²) >= 11 is -1.51. The van der Waals surface area contributed by atoms with Crippen molar-refractivity contribution >= 4 is 31.4 Å². The molecule has 1 aromatic heterocycles. The molecule has 0 aromatic carbocycles. The van der Waals surface area contributed by atoms with Gasteiger partial charge in [0.15, 0.2) is 14.4 Å². The second-order valence-corrected chi connectivity index (χ2v) is 20.2. The van der Waals surface area contributed by atoms with E-state index in [0.717, 1.165) is 0 Å². The summed E-state index contributed by atoms with van der Waals surface area (Å²) in [6.45, 7) is 23.3. The Bertz CT molecular complexity index is 1020. The number of rotatable bonds is 9. The summed E-state index contributed by atoms with van der Waals surface area (Å²) < 4.78 is 42.7. The molecule has 2 rings (SSSR count). The third-order valence-corrected chi connectivity index (χ3v) is 13.0. The first-order valence-corrected chi connectivity index (χ1v) is 17.1. The second-order valence-electron chi connectivity index (χ2n) is 13.4. The van der Waals surface area contributed by atoms with Crippen molar-refractivity contribution in [1.29, 1.82) is 0 Å². The standard InChI is InChI=1S/C27H46FN3O5SSi/c1-17-22(18-13-14-29-24(28)19(18)16-34-38(11,12)27(8,9)10)23(36-30-17)20(31-37(33)26(5,6)7)15-21(32)35-25(2,3)4/h13-14,20,22-23,31H,15-16H2,1-12H3/t20-,22?,23?,37+/m0/s1. The summed E-state index contributed by atoms with van der Waals surface area (Å²) in [5.41, 5.74) is 0.889. The first-order valence-electron chi connectivity index (χ1n) is 13.0. The van der Waals surface area contributed by atoms with E-state index in [1.807, 2.05) is 20.8 Å². The molecule has 1 aromatic rings. The van der Waals surface area contributed by atoms with Crippen LogP contribution in [0.1, 0.15) is 92.7 Å².